The van der Waals surface area contributed by atoms with Crippen LogP contribution in [0.25, 0.3) is 0 Å². The van der Waals surface area contributed by atoms with Gasteiger partial charge in [-0.15, -0.1) is 0 Å². The molecular weight excluding hydrogens is 330 g/mol. The molecule has 146 valence electrons. The normalized spacial score (nSPS) is 16.8. The summed E-state index contributed by atoms with van der Waals surface area (Å²) in [7, 11) is 0. The van der Waals surface area contributed by atoms with Crippen molar-refractivity contribution in [2.24, 2.45) is 0 Å². The number of urea groups is 1. The second kappa shape index (κ2) is 9.78. The summed E-state index contributed by atoms with van der Waals surface area (Å²) in [6.07, 6.45) is 5.05. The fraction of sp³-hybridized carbons (Fsp3) is 0.650. The standard InChI is InChI=1S/C20H33N3O3/c1-20(2,3)21-13-16(24)14-26-18-12-8-7-11-17(18)23-19(25)22-15-9-5-4-6-10-15/h7-8,11-12,15-16,21,24H,4-6,9-10,13-14H2,1-3H3,(H2,22,23,25). The van der Waals surface area contributed by atoms with Crippen LogP contribution in [-0.2, 0) is 0 Å². The van der Waals surface area contributed by atoms with Crippen LogP contribution in [0.15, 0.2) is 24.3 Å². The SMILES string of the molecule is CC(C)(C)NCC(O)COc1ccccc1NC(=O)NC1CCCCC1. The van der Waals surface area contributed by atoms with Gasteiger partial charge in [0.25, 0.3) is 0 Å². The van der Waals surface area contributed by atoms with Crippen LogP contribution in [0.2, 0.25) is 0 Å². The third-order valence-electron chi connectivity index (χ3n) is 4.37. The maximum Gasteiger partial charge on any atom is 0.319 e. The molecular formula is C20H33N3O3. The zero-order chi connectivity index (χ0) is 19.0. The zero-order valence-corrected chi connectivity index (χ0v) is 16.2. The predicted octanol–water partition coefficient (Wildman–Crippen LogP) is 3.27. The van der Waals surface area contributed by atoms with Crippen molar-refractivity contribution >= 4 is 11.7 Å². The molecule has 1 aliphatic carbocycles. The lowest BCUT2D eigenvalue weighted by molar-refractivity contribution is 0.100. The molecule has 2 rings (SSSR count). The number of amides is 2. The highest BCUT2D eigenvalue weighted by Gasteiger charge is 2.17. The minimum Gasteiger partial charge on any atom is -0.489 e. The van der Waals surface area contributed by atoms with Gasteiger partial charge in [0.05, 0.1) is 5.69 Å². The summed E-state index contributed by atoms with van der Waals surface area (Å²) in [5, 5.41) is 19.2. The van der Waals surface area contributed by atoms with Gasteiger partial charge in [-0.2, -0.15) is 0 Å². The molecule has 0 radical (unpaired) electrons. The maximum absolute atomic E-state index is 12.2. The number of anilines is 1. The van der Waals surface area contributed by atoms with E-state index in [9.17, 15) is 9.90 Å². The van der Waals surface area contributed by atoms with Crippen LogP contribution in [-0.4, -0.2) is 42.0 Å². The van der Waals surface area contributed by atoms with Gasteiger partial charge in [0.2, 0.25) is 0 Å². The first-order chi connectivity index (χ1) is 12.3. The van der Waals surface area contributed by atoms with Gasteiger partial charge in [-0.1, -0.05) is 31.4 Å². The van der Waals surface area contributed by atoms with Gasteiger partial charge in [-0.05, 0) is 45.7 Å². The van der Waals surface area contributed by atoms with Crippen LogP contribution in [0, 0.1) is 0 Å². The number of carbonyl (C=O) groups is 1. The highest BCUT2D eigenvalue weighted by Crippen LogP contribution is 2.24. The lowest BCUT2D eigenvalue weighted by Gasteiger charge is -2.24. The summed E-state index contributed by atoms with van der Waals surface area (Å²) in [6, 6.07) is 7.33. The molecule has 1 saturated carbocycles. The number of β-amino-alcohol motifs (C(OH)–C–C–N with tert-alkyl or cyclic N) is 1. The fourth-order valence-electron chi connectivity index (χ4n) is 2.96. The molecule has 0 aliphatic heterocycles. The summed E-state index contributed by atoms with van der Waals surface area (Å²) < 4.78 is 5.72. The first-order valence-corrected chi connectivity index (χ1v) is 9.56. The largest absolute Gasteiger partial charge is 0.489 e. The highest BCUT2D eigenvalue weighted by molar-refractivity contribution is 5.91. The van der Waals surface area contributed by atoms with Gasteiger partial charge < -0.3 is 25.8 Å². The molecule has 1 unspecified atom stereocenters. The maximum atomic E-state index is 12.2. The molecule has 2 amide bonds. The number of rotatable bonds is 7. The van der Waals surface area contributed by atoms with Gasteiger partial charge in [-0.25, -0.2) is 4.79 Å². The predicted molar refractivity (Wildman–Crippen MR) is 105 cm³/mol. The number of hydrogen-bond donors (Lipinski definition) is 4. The van der Waals surface area contributed by atoms with Crippen molar-refractivity contribution in [2.75, 3.05) is 18.5 Å². The molecule has 6 heteroatoms. The number of nitrogens with one attached hydrogen (secondary N) is 3. The third-order valence-corrected chi connectivity index (χ3v) is 4.37. The monoisotopic (exact) mass is 363 g/mol. The molecule has 6 nitrogen and oxygen atoms in total. The topological polar surface area (TPSA) is 82.6 Å². The molecule has 0 spiro atoms. The smallest absolute Gasteiger partial charge is 0.319 e. The number of ether oxygens (including phenoxy) is 1. The molecule has 4 N–H and O–H groups in total. The number of para-hydroxylation sites is 2. The van der Waals surface area contributed by atoms with E-state index in [2.05, 4.69) is 16.0 Å². The van der Waals surface area contributed by atoms with E-state index in [-0.39, 0.29) is 24.2 Å². The number of aliphatic hydroxyl groups is 1. The van der Waals surface area contributed by atoms with Crippen molar-refractivity contribution in [3.63, 3.8) is 0 Å². The summed E-state index contributed by atoms with van der Waals surface area (Å²) in [5.41, 5.74) is 0.550. The lowest BCUT2D eigenvalue weighted by atomic mass is 9.96. The lowest BCUT2D eigenvalue weighted by Crippen LogP contribution is -2.42. The Hall–Kier alpha value is -1.79. The molecule has 1 aliphatic rings. The van der Waals surface area contributed by atoms with E-state index in [4.69, 9.17) is 4.74 Å². The van der Waals surface area contributed by atoms with E-state index in [1.165, 1.54) is 19.3 Å². The molecule has 26 heavy (non-hydrogen) atoms. The van der Waals surface area contributed by atoms with Crippen molar-refractivity contribution in [3.05, 3.63) is 24.3 Å². The quantitative estimate of drug-likeness (QED) is 0.599. The molecule has 0 bridgehead atoms. The minimum absolute atomic E-state index is 0.0579. The molecule has 0 saturated heterocycles. The summed E-state index contributed by atoms with van der Waals surface area (Å²) in [6.45, 7) is 6.74. The average molecular weight is 364 g/mol. The third kappa shape index (κ3) is 7.62. The fourth-order valence-corrected chi connectivity index (χ4v) is 2.96. The van der Waals surface area contributed by atoms with E-state index in [0.717, 1.165) is 12.8 Å². The van der Waals surface area contributed by atoms with Crippen LogP contribution in [0.3, 0.4) is 0 Å². The number of carbonyl (C=O) groups excluding carboxylic acids is 1. The second-order valence-corrected chi connectivity index (χ2v) is 8.03. The Kier molecular flexibility index (Phi) is 7.72. The van der Waals surface area contributed by atoms with Crippen molar-refractivity contribution in [1.82, 2.24) is 10.6 Å². The van der Waals surface area contributed by atoms with Gasteiger partial charge in [0.1, 0.15) is 18.5 Å². The highest BCUT2D eigenvalue weighted by atomic mass is 16.5. The van der Waals surface area contributed by atoms with Gasteiger partial charge in [-0.3, -0.25) is 0 Å². The van der Waals surface area contributed by atoms with Gasteiger partial charge in [0, 0.05) is 18.1 Å². The minimum atomic E-state index is -0.627. The van der Waals surface area contributed by atoms with Crippen LogP contribution in [0.1, 0.15) is 52.9 Å². The van der Waals surface area contributed by atoms with Gasteiger partial charge >= 0.3 is 6.03 Å². The first-order valence-electron chi connectivity index (χ1n) is 9.56. The van der Waals surface area contributed by atoms with Crippen LogP contribution < -0.4 is 20.7 Å². The molecule has 1 fully saturated rings. The van der Waals surface area contributed by atoms with E-state index < -0.39 is 6.10 Å². The Morgan fingerprint density at radius 1 is 1.23 bits per heavy atom. The summed E-state index contributed by atoms with van der Waals surface area (Å²) in [5.74, 6) is 0.557. The van der Waals surface area contributed by atoms with Crippen LogP contribution in [0.4, 0.5) is 10.5 Å². The van der Waals surface area contributed by atoms with Crippen LogP contribution in [0.5, 0.6) is 5.75 Å². The Morgan fingerprint density at radius 3 is 2.62 bits per heavy atom. The Morgan fingerprint density at radius 2 is 1.92 bits per heavy atom. The summed E-state index contributed by atoms with van der Waals surface area (Å²) >= 11 is 0. The van der Waals surface area contributed by atoms with Crippen molar-refractivity contribution in [2.45, 2.75) is 70.6 Å². The Bertz CT molecular complexity index is 566. The number of benzene rings is 1. The van der Waals surface area contributed by atoms with E-state index in [1.807, 2.05) is 32.9 Å². The number of hydrogen-bond acceptors (Lipinski definition) is 4. The van der Waals surface area contributed by atoms with E-state index in [0.29, 0.717) is 18.0 Å². The average Bonchev–Trinajstić information content (AvgIpc) is 2.59. The van der Waals surface area contributed by atoms with E-state index in [1.54, 1.807) is 12.1 Å². The van der Waals surface area contributed by atoms with Crippen molar-refractivity contribution < 1.29 is 14.6 Å². The summed E-state index contributed by atoms with van der Waals surface area (Å²) in [4.78, 5) is 12.2. The number of aliphatic hydroxyl groups excluding tert-OH is 1. The van der Waals surface area contributed by atoms with E-state index >= 15 is 0 Å². The van der Waals surface area contributed by atoms with Crippen molar-refractivity contribution in [1.29, 1.82) is 0 Å². The first kappa shape index (κ1) is 20.5. The molecule has 0 aromatic heterocycles. The van der Waals surface area contributed by atoms with Gasteiger partial charge in [0.15, 0.2) is 0 Å². The van der Waals surface area contributed by atoms with Crippen molar-refractivity contribution in [3.8, 4) is 5.75 Å². The second-order valence-electron chi connectivity index (χ2n) is 8.03. The molecule has 1 atom stereocenters. The Labute approximate surface area is 156 Å². The zero-order valence-electron chi connectivity index (χ0n) is 16.2. The molecule has 1 aromatic carbocycles. The molecule has 0 heterocycles. The Balaban J connectivity index is 1.83. The molecule has 1 aromatic rings. The van der Waals surface area contributed by atoms with Crippen LogP contribution >= 0.6 is 0 Å².